The summed E-state index contributed by atoms with van der Waals surface area (Å²) in [7, 11) is 1.60. The molecule has 2 N–H and O–H groups in total. The number of fused-ring (bicyclic) bond motifs is 4. The monoisotopic (exact) mass is 571 g/mol. The molecule has 1 aliphatic carbocycles. The maximum atomic E-state index is 14.8. The number of nitrogens with one attached hydrogen (secondary N) is 2. The quantitative estimate of drug-likeness (QED) is 0.407. The molecule has 5 heterocycles. The summed E-state index contributed by atoms with van der Waals surface area (Å²) in [5, 5.41) is 8.39. The van der Waals surface area contributed by atoms with E-state index in [4.69, 9.17) is 19.2 Å². The third kappa shape index (κ3) is 5.17. The minimum atomic E-state index is -0.830. The third-order valence-corrected chi connectivity index (χ3v) is 9.72. The summed E-state index contributed by atoms with van der Waals surface area (Å²) in [5.74, 6) is 2.63. The number of nitrogens with zero attached hydrogens (tertiary/aromatic N) is 3. The van der Waals surface area contributed by atoms with Crippen LogP contribution >= 0.6 is 0 Å². The fraction of sp³-hybridized carbons (Fsp3) is 0.545. The van der Waals surface area contributed by atoms with Crippen molar-refractivity contribution in [1.82, 2.24) is 25.5 Å². The van der Waals surface area contributed by atoms with E-state index in [0.717, 1.165) is 50.0 Å². The van der Waals surface area contributed by atoms with E-state index in [1.807, 2.05) is 38.1 Å². The minimum absolute atomic E-state index is 0.0280. The first-order valence-corrected chi connectivity index (χ1v) is 15.4. The second-order valence-electron chi connectivity index (χ2n) is 12.8. The van der Waals surface area contributed by atoms with Crippen molar-refractivity contribution in [1.29, 1.82) is 0 Å². The van der Waals surface area contributed by atoms with Crippen LogP contribution < -0.4 is 24.8 Å². The van der Waals surface area contributed by atoms with Gasteiger partial charge in [-0.05, 0) is 106 Å². The number of amides is 1. The lowest BCUT2D eigenvalue weighted by atomic mass is 9.79. The molecule has 2 aromatic heterocycles. The van der Waals surface area contributed by atoms with Gasteiger partial charge in [-0.3, -0.25) is 4.79 Å². The van der Waals surface area contributed by atoms with Gasteiger partial charge in [-0.2, -0.15) is 0 Å². The summed E-state index contributed by atoms with van der Waals surface area (Å²) in [4.78, 5) is 26.2. The molecular formula is C33H41N5O4. The molecule has 1 saturated carbocycles. The Morgan fingerprint density at radius 2 is 1.98 bits per heavy atom. The van der Waals surface area contributed by atoms with E-state index in [9.17, 15) is 4.79 Å². The molecule has 7 rings (SSSR count). The van der Waals surface area contributed by atoms with Gasteiger partial charge >= 0.3 is 0 Å². The van der Waals surface area contributed by atoms with Gasteiger partial charge in [-0.1, -0.05) is 0 Å². The van der Waals surface area contributed by atoms with E-state index in [1.165, 1.54) is 12.8 Å². The Labute approximate surface area is 247 Å². The van der Waals surface area contributed by atoms with Crippen molar-refractivity contribution in [2.24, 2.45) is 17.8 Å². The van der Waals surface area contributed by atoms with Crippen molar-refractivity contribution in [2.45, 2.75) is 70.4 Å². The molecule has 9 heteroatoms. The average molecular weight is 572 g/mol. The van der Waals surface area contributed by atoms with Crippen LogP contribution in [0.2, 0.25) is 0 Å². The zero-order valence-corrected chi connectivity index (χ0v) is 24.8. The van der Waals surface area contributed by atoms with Crippen LogP contribution in [-0.4, -0.2) is 65.4 Å². The number of hydrogen-bond acceptors (Lipinski definition) is 8. The number of hydrogen-bond donors (Lipinski definition) is 2. The fourth-order valence-corrected chi connectivity index (χ4v) is 7.73. The Morgan fingerprint density at radius 1 is 1.14 bits per heavy atom. The zero-order valence-electron chi connectivity index (χ0n) is 24.8. The predicted octanol–water partition coefficient (Wildman–Crippen LogP) is 4.54. The van der Waals surface area contributed by atoms with Crippen LogP contribution in [0.15, 0.2) is 42.6 Å². The highest BCUT2D eigenvalue weighted by Gasteiger charge is 2.44. The van der Waals surface area contributed by atoms with Crippen LogP contribution in [-0.2, 0) is 6.54 Å². The smallest absolute Gasteiger partial charge is 0.254 e. The molecule has 3 fully saturated rings. The highest BCUT2D eigenvalue weighted by Crippen LogP contribution is 2.47. The number of pyridine rings is 2. The van der Waals surface area contributed by atoms with Crippen molar-refractivity contribution < 1.29 is 19.0 Å². The molecule has 0 radical (unpaired) electrons. The summed E-state index contributed by atoms with van der Waals surface area (Å²) in [6.07, 6.45) is 7.47. The maximum absolute atomic E-state index is 14.8. The van der Waals surface area contributed by atoms with Crippen molar-refractivity contribution in [2.75, 3.05) is 26.7 Å². The molecule has 3 aromatic rings. The Morgan fingerprint density at radius 3 is 2.74 bits per heavy atom. The van der Waals surface area contributed by atoms with E-state index in [0.29, 0.717) is 52.8 Å². The normalized spacial score (nSPS) is 26.4. The Balaban J connectivity index is 1.28. The van der Waals surface area contributed by atoms with Gasteiger partial charge in [0.1, 0.15) is 0 Å². The average Bonchev–Trinajstić information content (AvgIpc) is 3.68. The van der Waals surface area contributed by atoms with Crippen LogP contribution in [0.1, 0.15) is 62.0 Å². The van der Waals surface area contributed by atoms with E-state index < -0.39 is 5.79 Å². The lowest BCUT2D eigenvalue weighted by Gasteiger charge is -2.41. The molecule has 222 valence electrons. The van der Waals surface area contributed by atoms with E-state index in [2.05, 4.69) is 26.6 Å². The number of piperidine rings is 1. The number of carbonyl (C=O) groups excluding carboxylic acids is 1. The molecule has 42 heavy (non-hydrogen) atoms. The molecule has 3 aliphatic heterocycles. The number of aromatic nitrogens is 2. The summed E-state index contributed by atoms with van der Waals surface area (Å²) < 4.78 is 17.8. The van der Waals surface area contributed by atoms with Gasteiger partial charge in [0.05, 0.1) is 19.3 Å². The summed E-state index contributed by atoms with van der Waals surface area (Å²) in [6.45, 7) is 7.24. The summed E-state index contributed by atoms with van der Waals surface area (Å²) >= 11 is 0. The summed E-state index contributed by atoms with van der Waals surface area (Å²) in [6, 6.07) is 11.9. The Kier molecular flexibility index (Phi) is 7.18. The van der Waals surface area contributed by atoms with Crippen molar-refractivity contribution in [3.05, 3.63) is 53.9 Å². The van der Waals surface area contributed by atoms with Crippen LogP contribution in [0, 0.1) is 17.8 Å². The SMILES string of the molecule is COc1cc(C(=O)N(Cc2ccc3cccnc3n2)[C@@H](CC2C3CCC2CNC3)C2CCCN2)cc2c1OC(C)(C)O2. The van der Waals surface area contributed by atoms with Gasteiger partial charge in [0.2, 0.25) is 11.5 Å². The second-order valence-corrected chi connectivity index (χ2v) is 12.8. The van der Waals surface area contributed by atoms with Gasteiger partial charge in [-0.15, -0.1) is 0 Å². The predicted molar refractivity (Wildman–Crippen MR) is 160 cm³/mol. The Hall–Kier alpha value is -3.43. The highest BCUT2D eigenvalue weighted by molar-refractivity contribution is 5.96. The number of benzene rings is 1. The fourth-order valence-electron chi connectivity index (χ4n) is 7.73. The first-order chi connectivity index (χ1) is 20.4. The van der Waals surface area contributed by atoms with Crippen molar-refractivity contribution in [3.63, 3.8) is 0 Å². The number of rotatable bonds is 8. The molecule has 1 aromatic carbocycles. The van der Waals surface area contributed by atoms with Gasteiger partial charge < -0.3 is 29.7 Å². The highest BCUT2D eigenvalue weighted by atomic mass is 16.7. The standard InChI is InChI=1S/C33H41N5O4/c1-33(2)41-29-15-23(14-28(40-3)30(29)42-33)32(39)38(19-24-11-10-20-6-4-13-36-31(20)37-24)27(26-7-5-12-35-26)16-25-21-8-9-22(25)18-34-17-21/h4,6,10-11,13-15,21-22,25-27,34-35H,5,7-9,12,16-19H2,1-3H3/t21?,22?,25?,26?,27-/m0/s1. The van der Waals surface area contributed by atoms with Crippen molar-refractivity contribution in [3.8, 4) is 17.2 Å². The maximum Gasteiger partial charge on any atom is 0.254 e. The van der Waals surface area contributed by atoms with Gasteiger partial charge in [0.15, 0.2) is 17.1 Å². The second kappa shape index (κ2) is 11.0. The topological polar surface area (TPSA) is 97.8 Å². The molecule has 2 saturated heterocycles. The van der Waals surface area contributed by atoms with E-state index >= 15 is 0 Å². The molecule has 2 bridgehead atoms. The zero-order chi connectivity index (χ0) is 28.8. The molecule has 4 atom stereocenters. The van der Waals surface area contributed by atoms with Crippen LogP contribution in [0.4, 0.5) is 0 Å². The molecule has 0 spiro atoms. The lowest BCUT2D eigenvalue weighted by molar-refractivity contribution is -0.0439. The Bertz CT molecular complexity index is 1460. The lowest BCUT2D eigenvalue weighted by Crippen LogP contribution is -2.52. The molecule has 1 amide bonds. The number of methoxy groups -OCH3 is 1. The van der Waals surface area contributed by atoms with E-state index in [1.54, 1.807) is 19.4 Å². The summed E-state index contributed by atoms with van der Waals surface area (Å²) in [5.41, 5.74) is 2.06. The van der Waals surface area contributed by atoms with Crippen LogP contribution in [0.25, 0.3) is 11.0 Å². The largest absolute Gasteiger partial charge is 0.493 e. The molecule has 4 aliphatic rings. The number of carbonyl (C=O) groups is 1. The molecule has 3 unspecified atom stereocenters. The first kappa shape index (κ1) is 27.4. The first-order valence-electron chi connectivity index (χ1n) is 15.4. The molecule has 9 nitrogen and oxygen atoms in total. The van der Waals surface area contributed by atoms with Gasteiger partial charge in [-0.25, -0.2) is 9.97 Å². The van der Waals surface area contributed by atoms with Crippen molar-refractivity contribution >= 4 is 16.9 Å². The molecular weight excluding hydrogens is 530 g/mol. The van der Waals surface area contributed by atoms with Gasteiger partial charge in [0, 0.05) is 43.1 Å². The van der Waals surface area contributed by atoms with Crippen LogP contribution in [0.5, 0.6) is 17.2 Å². The number of ether oxygens (including phenoxy) is 3. The van der Waals surface area contributed by atoms with E-state index in [-0.39, 0.29) is 18.0 Å². The van der Waals surface area contributed by atoms with Crippen LogP contribution in [0.3, 0.4) is 0 Å². The van der Waals surface area contributed by atoms with Gasteiger partial charge in [0.25, 0.3) is 5.91 Å². The minimum Gasteiger partial charge on any atom is -0.493 e. The third-order valence-electron chi connectivity index (χ3n) is 9.72.